The van der Waals surface area contributed by atoms with E-state index in [2.05, 4.69) is 45.3 Å². The number of nitrogens with zero attached hydrogens (tertiary/aromatic N) is 2. The Hall–Kier alpha value is -0.830. The summed E-state index contributed by atoms with van der Waals surface area (Å²) in [4.78, 5) is 0.725. The van der Waals surface area contributed by atoms with Crippen molar-refractivity contribution in [2.45, 2.75) is 30.5 Å². The maximum absolute atomic E-state index is 4.68. The summed E-state index contributed by atoms with van der Waals surface area (Å²) in [6.45, 7) is 0. The van der Waals surface area contributed by atoms with Gasteiger partial charge in [-0.1, -0.05) is 34.1 Å². The van der Waals surface area contributed by atoms with Crippen molar-refractivity contribution < 1.29 is 0 Å². The summed E-state index contributed by atoms with van der Waals surface area (Å²) in [7, 11) is 2.04. The number of benzene rings is 1. The lowest BCUT2D eigenvalue weighted by molar-refractivity contribution is 0.537. The van der Waals surface area contributed by atoms with Crippen molar-refractivity contribution in [3.05, 3.63) is 30.0 Å². The highest BCUT2D eigenvalue weighted by Gasteiger charge is 2.24. The summed E-state index contributed by atoms with van der Waals surface area (Å²) in [5.74, 6) is 0.803. The summed E-state index contributed by atoms with van der Waals surface area (Å²) >= 11 is 3.72. The summed E-state index contributed by atoms with van der Waals surface area (Å²) in [6.07, 6.45) is 5.07. The molecule has 0 saturated heterocycles. The molecule has 1 aromatic heterocycles. The highest BCUT2D eigenvalue weighted by atomic mass is 79.9. The SMILES string of the molecule is Cn1nc(CC2CCC(Br)C2)c2ccccc21. The fourth-order valence-corrected chi connectivity index (χ4v) is 3.71. The highest BCUT2D eigenvalue weighted by molar-refractivity contribution is 9.09. The first-order chi connectivity index (χ1) is 8.24. The quantitative estimate of drug-likeness (QED) is 0.772. The third-order valence-electron chi connectivity index (χ3n) is 3.79. The van der Waals surface area contributed by atoms with Crippen molar-refractivity contribution in [1.82, 2.24) is 9.78 Å². The van der Waals surface area contributed by atoms with E-state index in [0.717, 1.165) is 17.2 Å². The first kappa shape index (κ1) is 11.3. The molecule has 0 radical (unpaired) electrons. The Kier molecular flexibility index (Phi) is 2.95. The van der Waals surface area contributed by atoms with Gasteiger partial charge in [-0.3, -0.25) is 4.68 Å². The molecule has 2 aromatic rings. The number of aromatic nitrogens is 2. The van der Waals surface area contributed by atoms with Crippen LogP contribution in [0.2, 0.25) is 0 Å². The van der Waals surface area contributed by atoms with Crippen LogP contribution in [0.4, 0.5) is 0 Å². The molecule has 0 bridgehead atoms. The standard InChI is InChI=1S/C14H17BrN2/c1-17-14-5-3-2-4-12(14)13(16-17)9-10-6-7-11(15)8-10/h2-5,10-11H,6-9H2,1H3. The van der Waals surface area contributed by atoms with E-state index in [1.54, 1.807) is 0 Å². The minimum absolute atomic E-state index is 0.725. The predicted molar refractivity (Wildman–Crippen MR) is 74.5 cm³/mol. The van der Waals surface area contributed by atoms with Crippen LogP contribution in [0, 0.1) is 5.92 Å². The van der Waals surface area contributed by atoms with Gasteiger partial charge in [0.25, 0.3) is 0 Å². The third kappa shape index (κ3) is 2.13. The normalized spacial score (nSPS) is 24.6. The second kappa shape index (κ2) is 4.45. The largest absolute Gasteiger partial charge is 0.268 e. The number of hydrogen-bond donors (Lipinski definition) is 0. The molecule has 1 aliphatic rings. The molecule has 3 rings (SSSR count). The number of fused-ring (bicyclic) bond motifs is 1. The molecule has 2 atom stereocenters. The van der Waals surface area contributed by atoms with Gasteiger partial charge < -0.3 is 0 Å². The molecule has 2 nitrogen and oxygen atoms in total. The van der Waals surface area contributed by atoms with Gasteiger partial charge in [-0.15, -0.1) is 0 Å². The van der Waals surface area contributed by atoms with Crippen molar-refractivity contribution in [2.24, 2.45) is 13.0 Å². The van der Waals surface area contributed by atoms with Gasteiger partial charge in [0.2, 0.25) is 0 Å². The molecule has 1 aromatic carbocycles. The molecular weight excluding hydrogens is 276 g/mol. The van der Waals surface area contributed by atoms with Crippen LogP contribution < -0.4 is 0 Å². The Bertz CT molecular complexity index is 532. The van der Waals surface area contributed by atoms with Crippen molar-refractivity contribution in [3.63, 3.8) is 0 Å². The topological polar surface area (TPSA) is 17.8 Å². The minimum Gasteiger partial charge on any atom is -0.268 e. The number of rotatable bonds is 2. The molecular formula is C14H17BrN2. The first-order valence-corrected chi connectivity index (χ1v) is 7.20. The van der Waals surface area contributed by atoms with Crippen molar-refractivity contribution in [1.29, 1.82) is 0 Å². The van der Waals surface area contributed by atoms with Gasteiger partial charge in [0.1, 0.15) is 0 Å². The number of para-hydroxylation sites is 1. The molecule has 17 heavy (non-hydrogen) atoms. The summed E-state index contributed by atoms with van der Waals surface area (Å²) in [6, 6.07) is 8.53. The smallest absolute Gasteiger partial charge is 0.0706 e. The summed E-state index contributed by atoms with van der Waals surface area (Å²) in [5, 5.41) is 6.01. The van der Waals surface area contributed by atoms with Crippen LogP contribution >= 0.6 is 15.9 Å². The Morgan fingerprint density at radius 3 is 2.94 bits per heavy atom. The van der Waals surface area contributed by atoms with Crippen LogP contribution in [0.1, 0.15) is 25.0 Å². The highest BCUT2D eigenvalue weighted by Crippen LogP contribution is 2.33. The Morgan fingerprint density at radius 2 is 2.18 bits per heavy atom. The molecule has 2 unspecified atom stereocenters. The molecule has 90 valence electrons. The summed E-state index contributed by atoms with van der Waals surface area (Å²) in [5.41, 5.74) is 2.52. The number of aryl methyl sites for hydroxylation is 1. The van der Waals surface area contributed by atoms with Gasteiger partial charge in [-0.25, -0.2) is 0 Å². The van der Waals surface area contributed by atoms with Crippen LogP contribution in [-0.2, 0) is 13.5 Å². The second-order valence-electron chi connectivity index (χ2n) is 5.07. The Balaban J connectivity index is 1.90. The number of halogens is 1. The molecule has 1 aliphatic carbocycles. The van der Waals surface area contributed by atoms with Gasteiger partial charge in [0.15, 0.2) is 0 Å². The van der Waals surface area contributed by atoms with Crippen LogP contribution in [0.3, 0.4) is 0 Å². The fraction of sp³-hybridized carbons (Fsp3) is 0.500. The molecule has 1 saturated carbocycles. The maximum Gasteiger partial charge on any atom is 0.0706 e. The van der Waals surface area contributed by atoms with Gasteiger partial charge in [-0.2, -0.15) is 5.10 Å². The van der Waals surface area contributed by atoms with Gasteiger partial charge >= 0.3 is 0 Å². The first-order valence-electron chi connectivity index (χ1n) is 6.28. The van der Waals surface area contributed by atoms with E-state index >= 15 is 0 Å². The van der Waals surface area contributed by atoms with Crippen molar-refractivity contribution in [2.75, 3.05) is 0 Å². The van der Waals surface area contributed by atoms with Crippen LogP contribution in [0.25, 0.3) is 10.9 Å². The number of hydrogen-bond acceptors (Lipinski definition) is 1. The lowest BCUT2D eigenvalue weighted by atomic mass is 10.00. The molecule has 0 amide bonds. The van der Waals surface area contributed by atoms with E-state index < -0.39 is 0 Å². The van der Waals surface area contributed by atoms with E-state index in [-0.39, 0.29) is 0 Å². The van der Waals surface area contributed by atoms with Gasteiger partial charge in [0.05, 0.1) is 11.2 Å². The van der Waals surface area contributed by atoms with E-state index in [0.29, 0.717) is 0 Å². The van der Waals surface area contributed by atoms with Crippen molar-refractivity contribution in [3.8, 4) is 0 Å². The zero-order valence-corrected chi connectivity index (χ0v) is 11.7. The molecule has 0 N–H and O–H groups in total. The van der Waals surface area contributed by atoms with E-state index in [1.165, 1.54) is 35.9 Å². The minimum atomic E-state index is 0.725. The Labute approximate surface area is 110 Å². The van der Waals surface area contributed by atoms with Crippen molar-refractivity contribution >= 4 is 26.8 Å². The lowest BCUT2D eigenvalue weighted by Crippen LogP contribution is -2.02. The lowest BCUT2D eigenvalue weighted by Gasteiger charge is -2.06. The zero-order valence-electron chi connectivity index (χ0n) is 10.1. The molecule has 0 aliphatic heterocycles. The average molecular weight is 293 g/mol. The zero-order chi connectivity index (χ0) is 11.8. The van der Waals surface area contributed by atoms with Crippen LogP contribution in [-0.4, -0.2) is 14.6 Å². The molecule has 1 fully saturated rings. The van der Waals surface area contributed by atoms with Crippen LogP contribution in [0.5, 0.6) is 0 Å². The maximum atomic E-state index is 4.68. The van der Waals surface area contributed by atoms with Gasteiger partial charge in [0, 0.05) is 17.3 Å². The van der Waals surface area contributed by atoms with E-state index in [1.807, 2.05) is 11.7 Å². The number of alkyl halides is 1. The summed E-state index contributed by atoms with van der Waals surface area (Å²) < 4.78 is 2.01. The monoisotopic (exact) mass is 292 g/mol. The fourth-order valence-electron chi connectivity index (χ4n) is 2.91. The second-order valence-corrected chi connectivity index (χ2v) is 6.36. The Morgan fingerprint density at radius 1 is 1.35 bits per heavy atom. The molecule has 0 spiro atoms. The van der Waals surface area contributed by atoms with Crippen LogP contribution in [0.15, 0.2) is 24.3 Å². The van der Waals surface area contributed by atoms with E-state index in [9.17, 15) is 0 Å². The molecule has 3 heteroatoms. The van der Waals surface area contributed by atoms with E-state index in [4.69, 9.17) is 0 Å². The predicted octanol–water partition coefficient (Wildman–Crippen LogP) is 3.68. The third-order valence-corrected chi connectivity index (χ3v) is 4.63. The molecule has 1 heterocycles. The van der Waals surface area contributed by atoms with Gasteiger partial charge in [-0.05, 0) is 37.7 Å². The average Bonchev–Trinajstić information content (AvgIpc) is 2.86.